The Kier molecular flexibility index (Phi) is 7.20. The lowest BCUT2D eigenvalue weighted by Gasteiger charge is -2.26. The molecule has 0 unspecified atom stereocenters. The van der Waals surface area contributed by atoms with Gasteiger partial charge in [0.05, 0.1) is 6.61 Å². The lowest BCUT2D eigenvalue weighted by atomic mass is 10.3. The smallest absolute Gasteiger partial charge is 0.319 e. The van der Waals surface area contributed by atoms with Crippen LogP contribution in [0.2, 0.25) is 0 Å². The van der Waals surface area contributed by atoms with Gasteiger partial charge in [-0.25, -0.2) is 4.79 Å². The molecule has 0 bridgehead atoms. The van der Waals surface area contributed by atoms with Crippen LogP contribution in [0.3, 0.4) is 0 Å². The van der Waals surface area contributed by atoms with Crippen molar-refractivity contribution < 1.29 is 9.90 Å². The quantitative estimate of drug-likeness (QED) is 0.702. The summed E-state index contributed by atoms with van der Waals surface area (Å²) < 4.78 is 0. The summed E-state index contributed by atoms with van der Waals surface area (Å²) in [5.74, 6) is 0. The molecule has 0 saturated heterocycles. The number of hydrogen-bond donors (Lipinski definition) is 1. The van der Waals surface area contributed by atoms with E-state index in [1.54, 1.807) is 16.8 Å². The summed E-state index contributed by atoms with van der Waals surface area (Å²) in [5, 5.41) is 8.83. The largest absolute Gasteiger partial charge is 0.395 e. The minimum absolute atomic E-state index is 0.00926. The van der Waals surface area contributed by atoms with E-state index < -0.39 is 0 Å². The van der Waals surface area contributed by atoms with Crippen LogP contribution in [0.15, 0.2) is 0 Å². The van der Waals surface area contributed by atoms with Crippen LogP contribution in [0.25, 0.3) is 0 Å². The van der Waals surface area contributed by atoms with E-state index in [1.165, 1.54) is 0 Å². The highest BCUT2D eigenvalue weighted by molar-refractivity contribution is 5.74. The van der Waals surface area contributed by atoms with Gasteiger partial charge in [-0.15, -0.1) is 0 Å². The Bertz CT molecular complexity index is 162. The number of aliphatic hydroxyl groups is 1. The molecule has 2 amide bonds. The molecule has 0 radical (unpaired) electrons. The zero-order chi connectivity index (χ0) is 11.0. The van der Waals surface area contributed by atoms with Crippen molar-refractivity contribution in [2.24, 2.45) is 0 Å². The van der Waals surface area contributed by atoms with E-state index in [2.05, 4.69) is 6.92 Å². The lowest BCUT2D eigenvalue weighted by Crippen LogP contribution is -2.42. The zero-order valence-electron chi connectivity index (χ0n) is 9.49. The molecule has 0 aliphatic rings. The van der Waals surface area contributed by atoms with Gasteiger partial charge in [-0.1, -0.05) is 13.3 Å². The minimum atomic E-state index is 0.00926. The van der Waals surface area contributed by atoms with E-state index in [-0.39, 0.29) is 12.6 Å². The number of urea groups is 1. The van der Waals surface area contributed by atoms with Crippen molar-refractivity contribution in [1.29, 1.82) is 0 Å². The van der Waals surface area contributed by atoms with Gasteiger partial charge in [0.25, 0.3) is 0 Å². The van der Waals surface area contributed by atoms with E-state index in [0.29, 0.717) is 13.1 Å². The van der Waals surface area contributed by atoms with Gasteiger partial charge in [0.15, 0.2) is 0 Å². The molecule has 0 aliphatic carbocycles. The average molecular weight is 202 g/mol. The Morgan fingerprint density at radius 1 is 1.29 bits per heavy atom. The van der Waals surface area contributed by atoms with Crippen LogP contribution in [-0.2, 0) is 0 Å². The third kappa shape index (κ3) is 4.46. The normalized spacial score (nSPS) is 10.0. The molecule has 14 heavy (non-hydrogen) atoms. The highest BCUT2D eigenvalue weighted by Crippen LogP contribution is 1.99. The third-order valence-electron chi connectivity index (χ3n) is 2.22. The second-order valence-electron chi connectivity index (χ2n) is 3.36. The Balaban J connectivity index is 4.10. The number of carbonyl (C=O) groups is 1. The lowest BCUT2D eigenvalue weighted by molar-refractivity contribution is 0.149. The molecule has 1 N–H and O–H groups in total. The summed E-state index contributed by atoms with van der Waals surface area (Å²) in [5.41, 5.74) is 0. The van der Waals surface area contributed by atoms with Gasteiger partial charge in [-0.3, -0.25) is 0 Å². The van der Waals surface area contributed by atoms with Crippen molar-refractivity contribution in [3.63, 3.8) is 0 Å². The summed E-state index contributed by atoms with van der Waals surface area (Å²) in [6, 6.07) is 0.00926. The summed E-state index contributed by atoms with van der Waals surface area (Å²) in [6.45, 7) is 5.93. The monoisotopic (exact) mass is 202 g/mol. The fourth-order valence-corrected chi connectivity index (χ4v) is 1.15. The highest BCUT2D eigenvalue weighted by Gasteiger charge is 2.15. The van der Waals surface area contributed by atoms with Gasteiger partial charge in [-0.05, 0) is 13.3 Å². The van der Waals surface area contributed by atoms with Crippen molar-refractivity contribution in [2.75, 3.05) is 33.3 Å². The van der Waals surface area contributed by atoms with E-state index >= 15 is 0 Å². The average Bonchev–Trinajstić information content (AvgIpc) is 2.22. The molecule has 0 aromatic carbocycles. The maximum atomic E-state index is 11.7. The summed E-state index contributed by atoms with van der Waals surface area (Å²) in [6.07, 6.45) is 2.05. The summed E-state index contributed by atoms with van der Waals surface area (Å²) in [7, 11) is 1.78. The molecule has 4 heteroatoms. The van der Waals surface area contributed by atoms with Crippen LogP contribution in [0.5, 0.6) is 0 Å². The first kappa shape index (κ1) is 13.2. The van der Waals surface area contributed by atoms with E-state index in [0.717, 1.165) is 19.4 Å². The van der Waals surface area contributed by atoms with Crippen molar-refractivity contribution in [2.45, 2.75) is 26.7 Å². The van der Waals surface area contributed by atoms with Crippen LogP contribution >= 0.6 is 0 Å². The zero-order valence-corrected chi connectivity index (χ0v) is 9.49. The number of unbranched alkanes of at least 4 members (excludes halogenated alkanes) is 1. The van der Waals surface area contributed by atoms with Crippen LogP contribution in [0.1, 0.15) is 26.7 Å². The number of nitrogens with zero attached hydrogens (tertiary/aromatic N) is 2. The van der Waals surface area contributed by atoms with Crippen molar-refractivity contribution in [3.05, 3.63) is 0 Å². The van der Waals surface area contributed by atoms with Crippen LogP contribution < -0.4 is 0 Å². The molecular formula is C10H22N2O2. The molecule has 0 aromatic heterocycles. The topological polar surface area (TPSA) is 43.8 Å². The third-order valence-corrected chi connectivity index (χ3v) is 2.22. The predicted molar refractivity (Wildman–Crippen MR) is 57.3 cm³/mol. The van der Waals surface area contributed by atoms with Gasteiger partial charge in [0.2, 0.25) is 0 Å². The molecule has 0 aromatic rings. The molecule has 0 saturated carbocycles. The number of rotatable bonds is 6. The molecule has 0 rings (SSSR count). The summed E-state index contributed by atoms with van der Waals surface area (Å²) in [4.78, 5) is 15.1. The molecule has 4 nitrogen and oxygen atoms in total. The minimum Gasteiger partial charge on any atom is -0.395 e. The number of hydrogen-bond acceptors (Lipinski definition) is 2. The second kappa shape index (κ2) is 7.62. The van der Waals surface area contributed by atoms with Gasteiger partial charge in [0, 0.05) is 26.7 Å². The van der Waals surface area contributed by atoms with Crippen LogP contribution in [-0.4, -0.2) is 54.2 Å². The number of carbonyl (C=O) groups excluding carboxylic acids is 1. The Hall–Kier alpha value is -0.770. The van der Waals surface area contributed by atoms with Crippen molar-refractivity contribution >= 4 is 6.03 Å². The predicted octanol–water partition coefficient (Wildman–Crippen LogP) is 1.15. The van der Waals surface area contributed by atoms with E-state index in [4.69, 9.17) is 5.11 Å². The molecule has 0 atom stereocenters. The molecule has 0 heterocycles. The first-order valence-corrected chi connectivity index (χ1v) is 5.28. The standard InChI is InChI=1S/C10H22N2O2/c1-4-6-7-12(8-9-13)10(14)11(3)5-2/h13H,4-9H2,1-3H3. The molecular weight excluding hydrogens is 180 g/mol. The van der Waals surface area contributed by atoms with Gasteiger partial charge in [0.1, 0.15) is 0 Å². The summed E-state index contributed by atoms with van der Waals surface area (Å²) >= 11 is 0. The highest BCUT2D eigenvalue weighted by atomic mass is 16.3. The Morgan fingerprint density at radius 2 is 1.93 bits per heavy atom. The van der Waals surface area contributed by atoms with Crippen molar-refractivity contribution in [3.8, 4) is 0 Å². The Labute approximate surface area is 86.5 Å². The van der Waals surface area contributed by atoms with Crippen LogP contribution in [0.4, 0.5) is 4.79 Å². The van der Waals surface area contributed by atoms with Crippen LogP contribution in [0, 0.1) is 0 Å². The van der Waals surface area contributed by atoms with Crippen molar-refractivity contribution in [1.82, 2.24) is 9.80 Å². The van der Waals surface area contributed by atoms with E-state index in [1.807, 2.05) is 6.92 Å². The first-order chi connectivity index (χ1) is 6.67. The maximum absolute atomic E-state index is 11.7. The van der Waals surface area contributed by atoms with Gasteiger partial charge in [-0.2, -0.15) is 0 Å². The molecule has 0 spiro atoms. The fourth-order valence-electron chi connectivity index (χ4n) is 1.15. The molecule has 84 valence electrons. The number of amides is 2. The van der Waals surface area contributed by atoms with E-state index in [9.17, 15) is 4.79 Å². The fraction of sp³-hybridized carbons (Fsp3) is 0.900. The second-order valence-corrected chi connectivity index (χ2v) is 3.36. The SMILES string of the molecule is CCCCN(CCO)C(=O)N(C)CC. The molecule has 0 fully saturated rings. The van der Waals surface area contributed by atoms with Gasteiger partial charge < -0.3 is 14.9 Å². The number of aliphatic hydroxyl groups excluding tert-OH is 1. The van der Waals surface area contributed by atoms with Gasteiger partial charge >= 0.3 is 6.03 Å². The first-order valence-electron chi connectivity index (χ1n) is 5.28. The maximum Gasteiger partial charge on any atom is 0.319 e. The Morgan fingerprint density at radius 3 is 2.36 bits per heavy atom. The molecule has 0 aliphatic heterocycles.